The molecule has 0 bridgehead atoms. The van der Waals surface area contributed by atoms with Crippen LogP contribution in [0.15, 0.2) is 29.6 Å². The minimum absolute atomic E-state index is 0.135. The van der Waals surface area contributed by atoms with E-state index in [-0.39, 0.29) is 5.41 Å². The van der Waals surface area contributed by atoms with Crippen molar-refractivity contribution in [2.75, 3.05) is 6.54 Å². The third-order valence-electron chi connectivity index (χ3n) is 3.64. The lowest BCUT2D eigenvalue weighted by Gasteiger charge is -2.14. The molecule has 0 fully saturated rings. The van der Waals surface area contributed by atoms with Gasteiger partial charge >= 0.3 is 0 Å². The van der Waals surface area contributed by atoms with Gasteiger partial charge in [0.05, 0.1) is 10.7 Å². The van der Waals surface area contributed by atoms with Gasteiger partial charge in [0.15, 0.2) is 0 Å². The average Bonchev–Trinajstić information content (AvgIpc) is 2.88. The normalized spacial score (nSPS) is 13.4. The van der Waals surface area contributed by atoms with E-state index in [1.165, 1.54) is 21.8 Å². The van der Waals surface area contributed by atoms with Crippen LogP contribution in [0.3, 0.4) is 0 Å². The van der Waals surface area contributed by atoms with E-state index in [4.69, 9.17) is 4.98 Å². The molecule has 0 saturated heterocycles. The first-order chi connectivity index (χ1) is 9.90. The Labute approximate surface area is 132 Å². The topological polar surface area (TPSA) is 24.9 Å². The Hall–Kier alpha value is -1.19. The number of rotatable bonds is 5. The van der Waals surface area contributed by atoms with E-state index in [1.807, 2.05) is 0 Å². The second-order valence-electron chi connectivity index (χ2n) is 6.58. The number of aromatic nitrogens is 1. The van der Waals surface area contributed by atoms with Crippen molar-refractivity contribution in [1.29, 1.82) is 0 Å². The Bertz CT molecular complexity index is 581. The Morgan fingerprint density at radius 1 is 1.29 bits per heavy atom. The number of hydrogen-bond donors (Lipinski definition) is 1. The van der Waals surface area contributed by atoms with Crippen molar-refractivity contribution in [3.05, 3.63) is 51.5 Å². The summed E-state index contributed by atoms with van der Waals surface area (Å²) in [4.78, 5) is 4.79. The van der Waals surface area contributed by atoms with Gasteiger partial charge in [-0.25, -0.2) is 4.98 Å². The molecule has 1 aromatic carbocycles. The van der Waals surface area contributed by atoms with Gasteiger partial charge in [-0.05, 0) is 24.6 Å². The van der Waals surface area contributed by atoms with Crippen LogP contribution in [0.5, 0.6) is 0 Å². The van der Waals surface area contributed by atoms with E-state index in [0.29, 0.717) is 6.04 Å². The van der Waals surface area contributed by atoms with E-state index in [2.05, 4.69) is 69.6 Å². The van der Waals surface area contributed by atoms with E-state index < -0.39 is 0 Å². The molecule has 0 spiro atoms. The van der Waals surface area contributed by atoms with Gasteiger partial charge in [-0.15, -0.1) is 11.3 Å². The second-order valence-corrected chi connectivity index (χ2v) is 7.52. The molecular weight excluding hydrogens is 276 g/mol. The first-order valence-electron chi connectivity index (χ1n) is 7.67. The summed E-state index contributed by atoms with van der Waals surface area (Å²) in [5.41, 5.74) is 4.02. The first kappa shape index (κ1) is 16.2. The predicted octanol–water partition coefficient (Wildman–Crippen LogP) is 4.70. The predicted molar refractivity (Wildman–Crippen MR) is 92.2 cm³/mol. The fourth-order valence-electron chi connectivity index (χ4n) is 2.31. The maximum Gasteiger partial charge on any atom is 0.0972 e. The molecule has 0 radical (unpaired) electrons. The molecule has 0 aliphatic heterocycles. The smallest absolute Gasteiger partial charge is 0.0972 e. The molecule has 0 amide bonds. The van der Waals surface area contributed by atoms with Crippen LogP contribution >= 0.6 is 11.3 Å². The van der Waals surface area contributed by atoms with Crippen molar-refractivity contribution >= 4 is 11.3 Å². The van der Waals surface area contributed by atoms with Gasteiger partial charge in [-0.1, -0.05) is 52.0 Å². The zero-order valence-corrected chi connectivity index (χ0v) is 14.6. The van der Waals surface area contributed by atoms with Crippen LogP contribution in [0.25, 0.3) is 0 Å². The van der Waals surface area contributed by atoms with Crippen molar-refractivity contribution in [2.45, 2.75) is 52.5 Å². The van der Waals surface area contributed by atoms with Gasteiger partial charge < -0.3 is 5.32 Å². The highest BCUT2D eigenvalue weighted by molar-refractivity contribution is 7.09. The summed E-state index contributed by atoms with van der Waals surface area (Å²) in [6.07, 6.45) is 0.924. The summed E-state index contributed by atoms with van der Waals surface area (Å²) in [5, 5.41) is 6.86. The van der Waals surface area contributed by atoms with Gasteiger partial charge in [-0.3, -0.25) is 0 Å². The molecule has 2 rings (SSSR count). The largest absolute Gasteiger partial charge is 0.310 e. The van der Waals surface area contributed by atoms with Crippen LogP contribution in [-0.2, 0) is 11.8 Å². The summed E-state index contributed by atoms with van der Waals surface area (Å²) in [6.45, 7) is 12.0. The van der Waals surface area contributed by atoms with Crippen LogP contribution < -0.4 is 5.32 Å². The Balaban J connectivity index is 2.13. The lowest BCUT2D eigenvalue weighted by Crippen LogP contribution is -2.17. The van der Waals surface area contributed by atoms with Crippen molar-refractivity contribution in [1.82, 2.24) is 10.3 Å². The maximum absolute atomic E-state index is 4.79. The molecule has 1 atom stereocenters. The summed E-state index contributed by atoms with van der Waals surface area (Å²) in [7, 11) is 0. The van der Waals surface area contributed by atoms with Gasteiger partial charge in [0.25, 0.3) is 0 Å². The van der Waals surface area contributed by atoms with Crippen LogP contribution in [0.4, 0.5) is 0 Å². The Kier molecular flexibility index (Phi) is 5.17. The van der Waals surface area contributed by atoms with Crippen molar-refractivity contribution < 1.29 is 0 Å². The molecule has 2 aromatic rings. The van der Waals surface area contributed by atoms with E-state index in [0.717, 1.165) is 13.0 Å². The summed E-state index contributed by atoms with van der Waals surface area (Å²) < 4.78 is 0. The quantitative estimate of drug-likeness (QED) is 0.866. The molecule has 2 nitrogen and oxygen atoms in total. The van der Waals surface area contributed by atoms with E-state index in [9.17, 15) is 0 Å². The van der Waals surface area contributed by atoms with Crippen molar-refractivity contribution in [3.8, 4) is 0 Å². The molecule has 1 N–H and O–H groups in total. The zero-order valence-electron chi connectivity index (χ0n) is 13.7. The molecule has 1 unspecified atom stereocenters. The number of benzene rings is 1. The standard InChI is InChI=1S/C18H26N2S/c1-6-19-13(2)15-9-7-8-14(10-15)11-17-20-16(12-21-17)18(3,4)5/h7-10,12-13,19H,6,11H2,1-5H3. The molecular formula is C18H26N2S. The first-order valence-corrected chi connectivity index (χ1v) is 8.55. The molecule has 21 heavy (non-hydrogen) atoms. The van der Waals surface area contributed by atoms with Gasteiger partial charge in [0.1, 0.15) is 0 Å². The molecule has 0 aliphatic rings. The summed E-state index contributed by atoms with van der Waals surface area (Å²) in [6, 6.07) is 9.23. The maximum atomic E-state index is 4.79. The SMILES string of the molecule is CCNC(C)c1cccc(Cc2nc(C(C)(C)C)cs2)c1. The van der Waals surface area contributed by atoms with Gasteiger partial charge in [0.2, 0.25) is 0 Å². The number of nitrogens with one attached hydrogen (secondary N) is 1. The number of thiazole rings is 1. The molecule has 114 valence electrons. The van der Waals surface area contributed by atoms with E-state index in [1.54, 1.807) is 11.3 Å². The third kappa shape index (κ3) is 4.39. The fraction of sp³-hybridized carbons (Fsp3) is 0.500. The van der Waals surface area contributed by atoms with Crippen LogP contribution in [0.2, 0.25) is 0 Å². The Morgan fingerprint density at radius 2 is 2.05 bits per heavy atom. The average molecular weight is 302 g/mol. The highest BCUT2D eigenvalue weighted by Crippen LogP contribution is 2.25. The van der Waals surface area contributed by atoms with Crippen LogP contribution in [0.1, 0.15) is 62.5 Å². The highest BCUT2D eigenvalue weighted by Gasteiger charge is 2.17. The van der Waals surface area contributed by atoms with Gasteiger partial charge in [-0.2, -0.15) is 0 Å². The second kappa shape index (κ2) is 6.71. The number of hydrogen-bond acceptors (Lipinski definition) is 3. The molecule has 3 heteroatoms. The van der Waals surface area contributed by atoms with Crippen LogP contribution in [-0.4, -0.2) is 11.5 Å². The minimum atomic E-state index is 0.135. The number of nitrogens with zero attached hydrogens (tertiary/aromatic N) is 1. The zero-order chi connectivity index (χ0) is 15.5. The lowest BCUT2D eigenvalue weighted by atomic mass is 9.93. The lowest BCUT2D eigenvalue weighted by molar-refractivity contribution is 0.571. The summed E-state index contributed by atoms with van der Waals surface area (Å²) in [5.74, 6) is 0. The molecule has 1 heterocycles. The highest BCUT2D eigenvalue weighted by atomic mass is 32.1. The Morgan fingerprint density at radius 3 is 2.67 bits per heavy atom. The van der Waals surface area contributed by atoms with E-state index >= 15 is 0 Å². The van der Waals surface area contributed by atoms with Crippen molar-refractivity contribution in [3.63, 3.8) is 0 Å². The van der Waals surface area contributed by atoms with Gasteiger partial charge in [0, 0.05) is 23.3 Å². The summed E-state index contributed by atoms with van der Waals surface area (Å²) >= 11 is 1.77. The minimum Gasteiger partial charge on any atom is -0.310 e. The molecule has 0 saturated carbocycles. The molecule has 0 aliphatic carbocycles. The fourth-order valence-corrected chi connectivity index (χ4v) is 3.36. The van der Waals surface area contributed by atoms with Crippen LogP contribution in [0, 0.1) is 0 Å². The monoisotopic (exact) mass is 302 g/mol. The molecule has 1 aromatic heterocycles. The third-order valence-corrected chi connectivity index (χ3v) is 4.49. The van der Waals surface area contributed by atoms with Crippen molar-refractivity contribution in [2.24, 2.45) is 0 Å².